The highest BCUT2D eigenvalue weighted by molar-refractivity contribution is 5.83. The lowest BCUT2D eigenvalue weighted by Gasteiger charge is -2.17. The molecule has 4 rings (SSSR count). The van der Waals surface area contributed by atoms with Crippen LogP contribution in [0.5, 0.6) is 0 Å². The van der Waals surface area contributed by atoms with Gasteiger partial charge in [-0.05, 0) is 48.9 Å². The van der Waals surface area contributed by atoms with Crippen molar-refractivity contribution < 1.29 is 0 Å². The minimum absolute atomic E-state index is 0.0701. The van der Waals surface area contributed by atoms with Crippen molar-refractivity contribution in [1.29, 1.82) is 0 Å². The predicted molar refractivity (Wildman–Crippen MR) is 76.1 cm³/mol. The summed E-state index contributed by atoms with van der Waals surface area (Å²) in [6.45, 7) is 0. The average molecular weight is 266 g/mol. The molecule has 5 heteroatoms. The summed E-state index contributed by atoms with van der Waals surface area (Å²) in [6.07, 6.45) is 7.81. The molecule has 0 aliphatic heterocycles. The second kappa shape index (κ2) is 4.30. The zero-order valence-electron chi connectivity index (χ0n) is 11.0. The second-order valence-electron chi connectivity index (χ2n) is 5.14. The molecule has 0 fully saturated rings. The highest BCUT2D eigenvalue weighted by atomic mass is 16.1. The van der Waals surface area contributed by atoms with Gasteiger partial charge in [-0.25, -0.2) is 9.67 Å². The molecule has 2 aromatic heterocycles. The number of aryl methyl sites for hydroxylation is 2. The molecule has 0 saturated carbocycles. The number of benzene rings is 1. The van der Waals surface area contributed by atoms with E-state index in [0.717, 1.165) is 30.2 Å². The molecule has 1 aliphatic rings. The summed E-state index contributed by atoms with van der Waals surface area (Å²) in [5, 5.41) is 4.85. The van der Waals surface area contributed by atoms with Gasteiger partial charge in [-0.1, -0.05) is 6.07 Å². The standard InChI is InChI=1S/C15H14N4O/c20-14-13-11-5-2-1-4-10(11)6-7-12(13)17-15(18-14)19-9-3-8-16-19/h3,6-9H,1-2,4-5H2,(H,17,18,20). The first-order valence-electron chi connectivity index (χ1n) is 6.88. The Kier molecular flexibility index (Phi) is 2.45. The van der Waals surface area contributed by atoms with Crippen LogP contribution in [0, 0.1) is 0 Å². The van der Waals surface area contributed by atoms with Crippen LogP contribution in [0.4, 0.5) is 0 Å². The van der Waals surface area contributed by atoms with E-state index in [2.05, 4.69) is 21.1 Å². The second-order valence-corrected chi connectivity index (χ2v) is 5.14. The summed E-state index contributed by atoms with van der Waals surface area (Å²) in [5.41, 5.74) is 3.15. The third-order valence-corrected chi connectivity index (χ3v) is 3.91. The number of aromatic amines is 1. The van der Waals surface area contributed by atoms with Crippen LogP contribution < -0.4 is 5.56 Å². The molecular formula is C15H14N4O. The van der Waals surface area contributed by atoms with Gasteiger partial charge in [0.15, 0.2) is 0 Å². The van der Waals surface area contributed by atoms with Crippen LogP contribution in [-0.2, 0) is 12.8 Å². The van der Waals surface area contributed by atoms with Crippen molar-refractivity contribution in [3.8, 4) is 5.95 Å². The van der Waals surface area contributed by atoms with Crippen molar-refractivity contribution >= 4 is 10.9 Å². The van der Waals surface area contributed by atoms with E-state index in [4.69, 9.17) is 0 Å². The summed E-state index contributed by atoms with van der Waals surface area (Å²) in [6, 6.07) is 5.86. The van der Waals surface area contributed by atoms with Gasteiger partial charge in [-0.3, -0.25) is 9.78 Å². The first kappa shape index (κ1) is 11.4. The molecule has 100 valence electrons. The Morgan fingerprint density at radius 1 is 1.20 bits per heavy atom. The lowest BCUT2D eigenvalue weighted by Crippen LogP contribution is -2.17. The lowest BCUT2D eigenvalue weighted by atomic mass is 9.89. The Morgan fingerprint density at radius 2 is 2.10 bits per heavy atom. The molecule has 0 amide bonds. The fourth-order valence-electron chi connectivity index (χ4n) is 2.97. The normalized spacial score (nSPS) is 14.4. The minimum Gasteiger partial charge on any atom is -0.290 e. The van der Waals surface area contributed by atoms with Gasteiger partial charge in [-0.15, -0.1) is 0 Å². The maximum atomic E-state index is 12.4. The van der Waals surface area contributed by atoms with Gasteiger partial charge in [-0.2, -0.15) is 5.10 Å². The number of nitrogens with zero attached hydrogens (tertiary/aromatic N) is 3. The molecule has 0 saturated heterocycles. The van der Waals surface area contributed by atoms with Crippen molar-refractivity contribution in [2.75, 3.05) is 0 Å². The van der Waals surface area contributed by atoms with Gasteiger partial charge >= 0.3 is 0 Å². The monoisotopic (exact) mass is 266 g/mol. The van der Waals surface area contributed by atoms with E-state index in [0.29, 0.717) is 5.95 Å². The molecular weight excluding hydrogens is 252 g/mol. The number of hydrogen-bond acceptors (Lipinski definition) is 3. The number of fused-ring (bicyclic) bond motifs is 3. The van der Waals surface area contributed by atoms with Gasteiger partial charge in [0.05, 0.1) is 10.9 Å². The van der Waals surface area contributed by atoms with E-state index in [9.17, 15) is 4.79 Å². The number of hydrogen-bond donors (Lipinski definition) is 1. The molecule has 0 bridgehead atoms. The lowest BCUT2D eigenvalue weighted by molar-refractivity contribution is 0.689. The zero-order chi connectivity index (χ0) is 13.5. The smallest absolute Gasteiger partial charge is 0.260 e. The van der Waals surface area contributed by atoms with Crippen molar-refractivity contribution in [2.45, 2.75) is 25.7 Å². The van der Waals surface area contributed by atoms with Crippen LogP contribution in [0.15, 0.2) is 35.4 Å². The predicted octanol–water partition coefficient (Wildman–Crippen LogP) is 1.99. The molecule has 5 nitrogen and oxygen atoms in total. The van der Waals surface area contributed by atoms with E-state index < -0.39 is 0 Å². The van der Waals surface area contributed by atoms with Crippen LogP contribution >= 0.6 is 0 Å². The highest BCUT2D eigenvalue weighted by Gasteiger charge is 2.16. The molecule has 20 heavy (non-hydrogen) atoms. The molecule has 0 unspecified atom stereocenters. The van der Waals surface area contributed by atoms with Crippen molar-refractivity contribution in [1.82, 2.24) is 19.7 Å². The Balaban J connectivity index is 2.01. The average Bonchev–Trinajstić information content (AvgIpc) is 3.01. The summed E-state index contributed by atoms with van der Waals surface area (Å²) in [5.74, 6) is 0.461. The quantitative estimate of drug-likeness (QED) is 0.732. The number of rotatable bonds is 1. The maximum absolute atomic E-state index is 12.4. The molecule has 0 radical (unpaired) electrons. The largest absolute Gasteiger partial charge is 0.290 e. The molecule has 1 N–H and O–H groups in total. The summed E-state index contributed by atoms with van der Waals surface area (Å²) >= 11 is 0. The number of aromatic nitrogens is 4. The number of H-pyrrole nitrogens is 1. The Hall–Kier alpha value is -2.43. The summed E-state index contributed by atoms with van der Waals surface area (Å²) < 4.78 is 1.57. The molecule has 1 aromatic carbocycles. The van der Waals surface area contributed by atoms with Crippen LogP contribution in [0.3, 0.4) is 0 Å². The summed E-state index contributed by atoms with van der Waals surface area (Å²) in [7, 11) is 0. The fourth-order valence-corrected chi connectivity index (χ4v) is 2.97. The SMILES string of the molecule is O=c1[nH]c(-n2cccn2)nc2ccc3c(c12)CCCC3. The Morgan fingerprint density at radius 3 is 2.95 bits per heavy atom. The molecule has 1 aliphatic carbocycles. The van der Waals surface area contributed by atoms with Crippen LogP contribution in [-0.4, -0.2) is 19.7 Å². The van der Waals surface area contributed by atoms with Crippen LogP contribution in [0.25, 0.3) is 16.9 Å². The van der Waals surface area contributed by atoms with Crippen molar-refractivity contribution in [3.63, 3.8) is 0 Å². The van der Waals surface area contributed by atoms with Gasteiger partial charge < -0.3 is 0 Å². The van der Waals surface area contributed by atoms with Gasteiger partial charge in [0.1, 0.15) is 0 Å². The first-order valence-corrected chi connectivity index (χ1v) is 6.88. The topological polar surface area (TPSA) is 63.6 Å². The molecule has 3 aromatic rings. The third kappa shape index (κ3) is 1.66. The van der Waals surface area contributed by atoms with E-state index in [1.54, 1.807) is 23.1 Å². The highest BCUT2D eigenvalue weighted by Crippen LogP contribution is 2.26. The summed E-state index contributed by atoms with van der Waals surface area (Å²) in [4.78, 5) is 19.8. The van der Waals surface area contributed by atoms with E-state index in [1.165, 1.54) is 17.5 Å². The van der Waals surface area contributed by atoms with Crippen molar-refractivity contribution in [2.24, 2.45) is 0 Å². The number of nitrogens with one attached hydrogen (secondary N) is 1. The Bertz CT molecular complexity index is 833. The van der Waals surface area contributed by atoms with Crippen molar-refractivity contribution in [3.05, 3.63) is 52.1 Å². The maximum Gasteiger partial charge on any atom is 0.260 e. The zero-order valence-corrected chi connectivity index (χ0v) is 11.0. The molecule has 0 spiro atoms. The minimum atomic E-state index is -0.0701. The Labute approximate surface area is 115 Å². The van der Waals surface area contributed by atoms with E-state index in [-0.39, 0.29) is 5.56 Å². The van der Waals surface area contributed by atoms with Gasteiger partial charge in [0.25, 0.3) is 5.56 Å². The fraction of sp³-hybridized carbons (Fsp3) is 0.267. The van der Waals surface area contributed by atoms with Gasteiger partial charge in [0.2, 0.25) is 5.95 Å². The molecule has 0 atom stereocenters. The first-order chi connectivity index (χ1) is 9.83. The van der Waals surface area contributed by atoms with E-state index in [1.807, 2.05) is 6.07 Å². The van der Waals surface area contributed by atoms with Crippen LogP contribution in [0.1, 0.15) is 24.0 Å². The van der Waals surface area contributed by atoms with E-state index >= 15 is 0 Å². The third-order valence-electron chi connectivity index (χ3n) is 3.91. The van der Waals surface area contributed by atoms with Gasteiger partial charge in [0, 0.05) is 12.4 Å². The van der Waals surface area contributed by atoms with Crippen LogP contribution in [0.2, 0.25) is 0 Å². The molecule has 2 heterocycles.